The normalized spacial score (nSPS) is 13.0. The van der Waals surface area contributed by atoms with Gasteiger partial charge in [-0.2, -0.15) is 0 Å². The van der Waals surface area contributed by atoms with Gasteiger partial charge in [-0.3, -0.25) is 9.78 Å². The number of aromatic nitrogens is 2. The highest BCUT2D eigenvalue weighted by atomic mass is 32.1. The summed E-state index contributed by atoms with van der Waals surface area (Å²) in [4.78, 5) is 22.6. The van der Waals surface area contributed by atoms with Gasteiger partial charge < -0.3 is 10.0 Å². The van der Waals surface area contributed by atoms with Crippen LogP contribution in [0.2, 0.25) is 0 Å². The fraction of sp³-hybridized carbons (Fsp3) is 0.438. The van der Waals surface area contributed by atoms with Crippen molar-refractivity contribution in [1.29, 1.82) is 0 Å². The molecular formula is C16H21N3O2S. The Morgan fingerprint density at radius 1 is 1.45 bits per heavy atom. The number of hydrogen-bond acceptors (Lipinski definition) is 5. The molecule has 0 aliphatic heterocycles. The van der Waals surface area contributed by atoms with Crippen LogP contribution in [0.4, 0.5) is 0 Å². The van der Waals surface area contributed by atoms with Crippen molar-refractivity contribution in [1.82, 2.24) is 14.9 Å². The van der Waals surface area contributed by atoms with Crippen LogP contribution in [0.3, 0.4) is 0 Å². The average Bonchev–Trinajstić information content (AvgIpc) is 2.94. The van der Waals surface area contributed by atoms with E-state index in [0.29, 0.717) is 0 Å². The Labute approximate surface area is 134 Å². The van der Waals surface area contributed by atoms with E-state index >= 15 is 0 Å². The lowest BCUT2D eigenvalue weighted by Gasteiger charge is -2.34. The van der Waals surface area contributed by atoms with Crippen LogP contribution in [0.5, 0.6) is 0 Å². The van der Waals surface area contributed by atoms with Crippen molar-refractivity contribution in [2.75, 3.05) is 7.05 Å². The monoisotopic (exact) mass is 319 g/mol. The van der Waals surface area contributed by atoms with Crippen LogP contribution < -0.4 is 0 Å². The predicted molar refractivity (Wildman–Crippen MR) is 87.6 cm³/mol. The van der Waals surface area contributed by atoms with Crippen LogP contribution in [-0.2, 0) is 11.2 Å². The van der Waals surface area contributed by atoms with Gasteiger partial charge in [0.05, 0.1) is 29.5 Å². The molecule has 2 heterocycles. The second-order valence-electron chi connectivity index (χ2n) is 5.87. The van der Waals surface area contributed by atoms with Crippen molar-refractivity contribution in [2.45, 2.75) is 38.8 Å². The quantitative estimate of drug-likeness (QED) is 0.919. The summed E-state index contributed by atoms with van der Waals surface area (Å²) in [6.07, 6.45) is 1.95. The first-order chi connectivity index (χ1) is 10.3. The third-order valence-electron chi connectivity index (χ3n) is 3.76. The van der Waals surface area contributed by atoms with E-state index in [1.807, 2.05) is 30.5 Å². The number of thiazole rings is 1. The Hall–Kier alpha value is -1.79. The molecule has 6 heteroatoms. The molecule has 1 atom stereocenters. The molecule has 0 fully saturated rings. The summed E-state index contributed by atoms with van der Waals surface area (Å²) < 4.78 is 0. The highest BCUT2D eigenvalue weighted by molar-refractivity contribution is 7.13. The molecule has 2 rings (SSSR count). The van der Waals surface area contributed by atoms with Crippen LogP contribution in [0, 0.1) is 0 Å². The van der Waals surface area contributed by atoms with Crippen LogP contribution >= 0.6 is 11.3 Å². The molecule has 2 aromatic heterocycles. The maximum Gasteiger partial charge on any atom is 0.228 e. The van der Waals surface area contributed by atoms with Crippen LogP contribution in [0.25, 0.3) is 10.7 Å². The van der Waals surface area contributed by atoms with Gasteiger partial charge in [-0.15, -0.1) is 11.3 Å². The van der Waals surface area contributed by atoms with E-state index < -0.39 is 5.60 Å². The summed E-state index contributed by atoms with van der Waals surface area (Å²) in [7, 11) is 1.71. The lowest BCUT2D eigenvalue weighted by molar-refractivity contribution is -0.135. The SMILES string of the molecule is CC(N(C)C(=O)Cc1csc(-c2ccccn2)n1)C(C)(C)O. The Morgan fingerprint density at radius 3 is 2.77 bits per heavy atom. The van der Waals surface area contributed by atoms with Gasteiger partial charge in [0.2, 0.25) is 5.91 Å². The molecule has 1 unspecified atom stereocenters. The van der Waals surface area contributed by atoms with E-state index in [1.165, 1.54) is 11.3 Å². The molecule has 0 aliphatic rings. The minimum absolute atomic E-state index is 0.0625. The van der Waals surface area contributed by atoms with E-state index in [2.05, 4.69) is 9.97 Å². The Bertz CT molecular complexity index is 634. The summed E-state index contributed by atoms with van der Waals surface area (Å²) in [5.41, 5.74) is 0.598. The van der Waals surface area contributed by atoms with Gasteiger partial charge in [0.25, 0.3) is 0 Å². The minimum atomic E-state index is -0.939. The molecule has 1 N–H and O–H groups in total. The number of carbonyl (C=O) groups excluding carboxylic acids is 1. The largest absolute Gasteiger partial charge is 0.388 e. The minimum Gasteiger partial charge on any atom is -0.388 e. The molecule has 5 nitrogen and oxygen atoms in total. The third kappa shape index (κ3) is 3.90. The molecule has 0 saturated heterocycles. The van der Waals surface area contributed by atoms with Crippen molar-refractivity contribution in [3.8, 4) is 10.7 Å². The zero-order valence-corrected chi connectivity index (χ0v) is 14.1. The van der Waals surface area contributed by atoms with Gasteiger partial charge in [-0.1, -0.05) is 6.07 Å². The van der Waals surface area contributed by atoms with Gasteiger partial charge >= 0.3 is 0 Å². The Kier molecular flexibility index (Phi) is 4.93. The number of nitrogens with zero attached hydrogens (tertiary/aromatic N) is 3. The summed E-state index contributed by atoms with van der Waals surface area (Å²) in [5, 5.41) is 12.7. The highest BCUT2D eigenvalue weighted by Crippen LogP contribution is 2.22. The Balaban J connectivity index is 2.06. The third-order valence-corrected chi connectivity index (χ3v) is 4.68. The maximum absolute atomic E-state index is 12.3. The zero-order valence-electron chi connectivity index (χ0n) is 13.3. The molecule has 0 bridgehead atoms. The fourth-order valence-electron chi connectivity index (χ4n) is 1.96. The van der Waals surface area contributed by atoms with E-state index in [4.69, 9.17) is 0 Å². The molecular weight excluding hydrogens is 298 g/mol. The van der Waals surface area contributed by atoms with E-state index in [-0.39, 0.29) is 18.4 Å². The van der Waals surface area contributed by atoms with Crippen molar-refractivity contribution >= 4 is 17.2 Å². The molecule has 0 aromatic carbocycles. The standard InChI is InChI=1S/C16H21N3O2S/c1-11(16(2,3)21)19(4)14(20)9-12-10-22-15(18-12)13-7-5-6-8-17-13/h5-8,10-11,21H,9H2,1-4H3. The van der Waals surface area contributed by atoms with Gasteiger partial charge in [-0.25, -0.2) is 4.98 Å². The summed E-state index contributed by atoms with van der Waals surface area (Å²) in [5.74, 6) is -0.0625. The molecule has 118 valence electrons. The van der Waals surface area contributed by atoms with Crippen LogP contribution in [0.1, 0.15) is 26.5 Å². The van der Waals surface area contributed by atoms with Crippen LogP contribution in [-0.4, -0.2) is 44.6 Å². The summed E-state index contributed by atoms with van der Waals surface area (Å²) in [6, 6.07) is 5.39. The second-order valence-corrected chi connectivity index (χ2v) is 6.73. The molecule has 0 spiro atoms. The smallest absolute Gasteiger partial charge is 0.228 e. The lowest BCUT2D eigenvalue weighted by Crippen LogP contribution is -2.48. The summed E-state index contributed by atoms with van der Waals surface area (Å²) in [6.45, 7) is 5.23. The predicted octanol–water partition coefficient (Wildman–Crippen LogP) is 2.37. The van der Waals surface area contributed by atoms with Gasteiger partial charge in [0.15, 0.2) is 0 Å². The maximum atomic E-state index is 12.3. The van der Waals surface area contributed by atoms with Gasteiger partial charge in [0, 0.05) is 18.6 Å². The molecule has 1 amide bonds. The van der Waals surface area contributed by atoms with Crippen molar-refractivity contribution in [3.05, 3.63) is 35.5 Å². The zero-order chi connectivity index (χ0) is 16.3. The van der Waals surface area contributed by atoms with Crippen molar-refractivity contribution in [3.63, 3.8) is 0 Å². The first-order valence-corrected chi connectivity index (χ1v) is 8.01. The van der Waals surface area contributed by atoms with E-state index in [0.717, 1.165) is 16.4 Å². The van der Waals surface area contributed by atoms with Crippen LogP contribution in [0.15, 0.2) is 29.8 Å². The first-order valence-electron chi connectivity index (χ1n) is 7.13. The molecule has 22 heavy (non-hydrogen) atoms. The van der Waals surface area contributed by atoms with Crippen molar-refractivity contribution in [2.24, 2.45) is 0 Å². The number of amides is 1. The highest BCUT2D eigenvalue weighted by Gasteiger charge is 2.29. The Morgan fingerprint density at radius 2 is 2.18 bits per heavy atom. The number of rotatable bonds is 5. The second kappa shape index (κ2) is 6.54. The van der Waals surface area contributed by atoms with Gasteiger partial charge in [-0.05, 0) is 32.9 Å². The number of aliphatic hydroxyl groups is 1. The summed E-state index contributed by atoms with van der Waals surface area (Å²) >= 11 is 1.48. The van der Waals surface area contributed by atoms with E-state index in [9.17, 15) is 9.90 Å². The number of pyridine rings is 1. The average molecular weight is 319 g/mol. The first kappa shape index (κ1) is 16.6. The van der Waals surface area contributed by atoms with E-state index in [1.54, 1.807) is 32.0 Å². The number of likely N-dealkylation sites (N-methyl/N-ethyl adjacent to an activating group) is 1. The molecule has 0 saturated carbocycles. The molecule has 2 aromatic rings. The molecule has 0 aliphatic carbocycles. The lowest BCUT2D eigenvalue weighted by atomic mass is 9.99. The number of carbonyl (C=O) groups is 1. The van der Waals surface area contributed by atoms with Gasteiger partial charge in [0.1, 0.15) is 5.01 Å². The van der Waals surface area contributed by atoms with Crippen molar-refractivity contribution < 1.29 is 9.90 Å². The number of hydrogen-bond donors (Lipinski definition) is 1. The molecule has 0 radical (unpaired) electrons. The fourth-order valence-corrected chi connectivity index (χ4v) is 2.76. The topological polar surface area (TPSA) is 66.3 Å².